The Balaban J connectivity index is 1.90. The molecule has 0 atom stereocenters. The molecule has 4 heterocycles. The zero-order chi connectivity index (χ0) is 19.3. The second-order valence-electron chi connectivity index (χ2n) is 5.85. The average Bonchev–Trinajstić information content (AvgIpc) is 3.16. The number of H-pyrrole nitrogens is 1. The summed E-state index contributed by atoms with van der Waals surface area (Å²) in [4.78, 5) is 11.6. The fourth-order valence-corrected chi connectivity index (χ4v) is 2.86. The molecule has 4 rings (SSSR count). The Bertz CT molecular complexity index is 1140. The first-order valence-electron chi connectivity index (χ1n) is 7.74. The topological polar surface area (TPSA) is 119 Å². The Labute approximate surface area is 149 Å². The molecule has 3 N–H and O–H groups in total. The van der Waals surface area contributed by atoms with Crippen LogP contribution in [0, 0.1) is 13.8 Å². The van der Waals surface area contributed by atoms with Gasteiger partial charge in [0.2, 0.25) is 5.95 Å². The van der Waals surface area contributed by atoms with Gasteiger partial charge in [0.1, 0.15) is 17.0 Å². The Morgan fingerprint density at radius 3 is 2.59 bits per heavy atom. The van der Waals surface area contributed by atoms with Gasteiger partial charge in [-0.2, -0.15) is 18.3 Å². The molecule has 0 unspecified atom stereocenters. The monoisotopic (exact) mass is 375 g/mol. The summed E-state index contributed by atoms with van der Waals surface area (Å²) in [5, 5.41) is 10.8. The molecule has 0 saturated carbocycles. The summed E-state index contributed by atoms with van der Waals surface area (Å²) in [6.07, 6.45) is -4.00. The second-order valence-corrected chi connectivity index (χ2v) is 5.85. The summed E-state index contributed by atoms with van der Waals surface area (Å²) >= 11 is 0. The molecular formula is C16H12F3N7O. The van der Waals surface area contributed by atoms with Crippen LogP contribution in [-0.4, -0.2) is 30.3 Å². The molecule has 0 aromatic carbocycles. The van der Waals surface area contributed by atoms with E-state index < -0.39 is 11.7 Å². The highest BCUT2D eigenvalue weighted by Crippen LogP contribution is 2.37. The number of nitrogens with two attached hydrogens (primary N) is 1. The van der Waals surface area contributed by atoms with Gasteiger partial charge in [0.15, 0.2) is 5.65 Å². The van der Waals surface area contributed by atoms with Gasteiger partial charge in [0.05, 0.1) is 22.6 Å². The van der Waals surface area contributed by atoms with E-state index >= 15 is 0 Å². The molecule has 0 fully saturated rings. The zero-order valence-electron chi connectivity index (χ0n) is 14.1. The lowest BCUT2D eigenvalue weighted by molar-refractivity contribution is -0.137. The van der Waals surface area contributed by atoms with Crippen molar-refractivity contribution >= 4 is 17.0 Å². The Morgan fingerprint density at radius 2 is 1.93 bits per heavy atom. The molecular weight excluding hydrogens is 363 g/mol. The van der Waals surface area contributed by atoms with Crippen LogP contribution in [0.25, 0.3) is 33.7 Å². The predicted octanol–water partition coefficient (Wildman–Crippen LogP) is 3.29. The van der Waals surface area contributed by atoms with Gasteiger partial charge in [-0.3, -0.25) is 5.10 Å². The standard InChI is InChI=1S/C16H12F3N7O/c1-6-11(7(2)27-26-6)10-4-3-8-12(24-25-14(8)22-10)13-9(16(17,18)19)5-21-15(20)23-13/h3-5H,1-2H3,(H2,20,21,23)(H,22,24,25). The van der Waals surface area contributed by atoms with E-state index in [0.717, 1.165) is 0 Å². The fraction of sp³-hybridized carbons (Fsp3) is 0.188. The number of nitrogens with one attached hydrogen (secondary N) is 1. The van der Waals surface area contributed by atoms with Gasteiger partial charge in [-0.1, -0.05) is 5.16 Å². The van der Waals surface area contributed by atoms with Crippen molar-refractivity contribution < 1.29 is 17.7 Å². The van der Waals surface area contributed by atoms with Crippen molar-refractivity contribution in [3.05, 3.63) is 35.3 Å². The van der Waals surface area contributed by atoms with Crippen LogP contribution >= 0.6 is 0 Å². The quantitative estimate of drug-likeness (QED) is 0.552. The van der Waals surface area contributed by atoms with Crippen LogP contribution in [0.3, 0.4) is 0 Å². The van der Waals surface area contributed by atoms with E-state index in [1.54, 1.807) is 26.0 Å². The molecule has 11 heteroatoms. The normalized spacial score (nSPS) is 12.0. The number of halogens is 3. The summed E-state index contributed by atoms with van der Waals surface area (Å²) in [6.45, 7) is 3.52. The molecule has 0 bridgehead atoms. The lowest BCUT2D eigenvalue weighted by Gasteiger charge is -2.10. The van der Waals surface area contributed by atoms with E-state index in [-0.39, 0.29) is 23.0 Å². The Kier molecular flexibility index (Phi) is 3.61. The van der Waals surface area contributed by atoms with Crippen LogP contribution in [0.4, 0.5) is 19.1 Å². The summed E-state index contributed by atoms with van der Waals surface area (Å²) in [6, 6.07) is 3.27. The lowest BCUT2D eigenvalue weighted by Crippen LogP contribution is -2.11. The maximum absolute atomic E-state index is 13.3. The van der Waals surface area contributed by atoms with E-state index in [4.69, 9.17) is 10.3 Å². The first-order chi connectivity index (χ1) is 12.8. The first-order valence-corrected chi connectivity index (χ1v) is 7.74. The molecule has 4 aromatic rings. The van der Waals surface area contributed by atoms with Crippen LogP contribution in [0.2, 0.25) is 0 Å². The Hall–Kier alpha value is -3.50. The SMILES string of the molecule is Cc1noc(C)c1-c1ccc2c(-c3nc(N)ncc3C(F)(F)F)[nH]nc2n1. The van der Waals surface area contributed by atoms with Crippen molar-refractivity contribution in [2.24, 2.45) is 0 Å². The lowest BCUT2D eigenvalue weighted by atomic mass is 10.1. The summed E-state index contributed by atoms with van der Waals surface area (Å²) in [7, 11) is 0. The number of hydrogen-bond acceptors (Lipinski definition) is 7. The van der Waals surface area contributed by atoms with Crippen molar-refractivity contribution in [2.75, 3.05) is 5.73 Å². The number of alkyl halides is 3. The third-order valence-corrected chi connectivity index (χ3v) is 4.06. The minimum Gasteiger partial charge on any atom is -0.368 e. The number of aromatic nitrogens is 6. The zero-order valence-corrected chi connectivity index (χ0v) is 14.1. The highest BCUT2D eigenvalue weighted by Gasteiger charge is 2.36. The van der Waals surface area contributed by atoms with Gasteiger partial charge in [0, 0.05) is 11.6 Å². The first kappa shape index (κ1) is 16.9. The minimum absolute atomic E-state index is 0.0595. The molecule has 4 aromatic heterocycles. The fourth-order valence-electron chi connectivity index (χ4n) is 2.86. The van der Waals surface area contributed by atoms with Crippen molar-refractivity contribution in [3.8, 4) is 22.6 Å². The number of fused-ring (bicyclic) bond motifs is 1. The van der Waals surface area contributed by atoms with Gasteiger partial charge in [0.25, 0.3) is 0 Å². The number of nitrogen functional groups attached to an aromatic ring is 1. The molecule has 8 nitrogen and oxygen atoms in total. The van der Waals surface area contributed by atoms with E-state index in [2.05, 4.69) is 30.3 Å². The number of aryl methyl sites for hydroxylation is 2. The van der Waals surface area contributed by atoms with Crippen molar-refractivity contribution in [1.29, 1.82) is 0 Å². The summed E-state index contributed by atoms with van der Waals surface area (Å²) in [5.41, 5.74) is 6.29. The van der Waals surface area contributed by atoms with E-state index in [1.165, 1.54) is 0 Å². The molecule has 27 heavy (non-hydrogen) atoms. The maximum atomic E-state index is 13.3. The van der Waals surface area contributed by atoms with Crippen LogP contribution in [0.1, 0.15) is 17.0 Å². The van der Waals surface area contributed by atoms with E-state index in [1.807, 2.05) is 0 Å². The molecule has 0 aliphatic heterocycles. The van der Waals surface area contributed by atoms with Gasteiger partial charge in [-0.05, 0) is 26.0 Å². The van der Waals surface area contributed by atoms with Crippen molar-refractivity contribution in [2.45, 2.75) is 20.0 Å². The van der Waals surface area contributed by atoms with Crippen LogP contribution in [-0.2, 0) is 6.18 Å². The largest absolute Gasteiger partial charge is 0.420 e. The highest BCUT2D eigenvalue weighted by atomic mass is 19.4. The van der Waals surface area contributed by atoms with E-state index in [9.17, 15) is 13.2 Å². The van der Waals surface area contributed by atoms with Gasteiger partial charge in [-0.15, -0.1) is 0 Å². The van der Waals surface area contributed by atoms with Gasteiger partial charge < -0.3 is 10.3 Å². The van der Waals surface area contributed by atoms with Crippen LogP contribution in [0.5, 0.6) is 0 Å². The highest BCUT2D eigenvalue weighted by molar-refractivity contribution is 5.92. The smallest absolute Gasteiger partial charge is 0.368 e. The maximum Gasteiger partial charge on any atom is 0.420 e. The summed E-state index contributed by atoms with van der Waals surface area (Å²) < 4.78 is 45.1. The molecule has 0 amide bonds. The molecule has 0 spiro atoms. The number of rotatable bonds is 2. The number of pyridine rings is 1. The summed E-state index contributed by atoms with van der Waals surface area (Å²) in [5.74, 6) is 0.305. The Morgan fingerprint density at radius 1 is 1.15 bits per heavy atom. The molecule has 138 valence electrons. The van der Waals surface area contributed by atoms with Crippen molar-refractivity contribution in [3.63, 3.8) is 0 Å². The van der Waals surface area contributed by atoms with Crippen LogP contribution < -0.4 is 5.73 Å². The van der Waals surface area contributed by atoms with E-state index in [0.29, 0.717) is 34.3 Å². The molecule has 0 aliphatic carbocycles. The van der Waals surface area contributed by atoms with Crippen molar-refractivity contribution in [1.82, 2.24) is 30.3 Å². The molecule has 0 radical (unpaired) electrons. The number of hydrogen-bond donors (Lipinski definition) is 2. The number of aromatic amines is 1. The van der Waals surface area contributed by atoms with Crippen LogP contribution in [0.15, 0.2) is 22.9 Å². The van der Waals surface area contributed by atoms with Gasteiger partial charge in [-0.25, -0.2) is 15.0 Å². The molecule has 0 aliphatic rings. The number of anilines is 1. The number of nitrogens with zero attached hydrogens (tertiary/aromatic N) is 5. The third kappa shape index (κ3) is 2.76. The third-order valence-electron chi connectivity index (χ3n) is 4.06. The second kappa shape index (κ2) is 5.76. The minimum atomic E-state index is -4.65. The molecule has 0 saturated heterocycles. The average molecular weight is 375 g/mol. The van der Waals surface area contributed by atoms with Gasteiger partial charge >= 0.3 is 6.18 Å². The predicted molar refractivity (Wildman–Crippen MR) is 89.3 cm³/mol.